The summed E-state index contributed by atoms with van der Waals surface area (Å²) in [5, 5.41) is 7.37. The van der Waals surface area contributed by atoms with Crippen molar-refractivity contribution in [1.82, 2.24) is 19.8 Å². The van der Waals surface area contributed by atoms with Crippen LogP contribution in [-0.4, -0.2) is 45.0 Å². The molecule has 8 nitrogen and oxygen atoms in total. The minimum absolute atomic E-state index is 0.184. The van der Waals surface area contributed by atoms with Crippen LogP contribution < -0.4 is 5.32 Å². The highest BCUT2D eigenvalue weighted by Gasteiger charge is 2.37. The molecule has 1 aliphatic rings. The molecule has 0 bridgehead atoms. The molecule has 3 heterocycles. The zero-order valence-corrected chi connectivity index (χ0v) is 17.1. The summed E-state index contributed by atoms with van der Waals surface area (Å²) in [7, 11) is -2.04. The quantitative estimate of drug-likeness (QED) is 0.657. The van der Waals surface area contributed by atoms with Crippen molar-refractivity contribution in [3.8, 4) is 0 Å². The van der Waals surface area contributed by atoms with Gasteiger partial charge in [0.25, 0.3) is 11.6 Å². The van der Waals surface area contributed by atoms with Gasteiger partial charge in [0.2, 0.25) is 0 Å². The van der Waals surface area contributed by atoms with Crippen molar-refractivity contribution in [3.05, 3.63) is 53.3 Å². The van der Waals surface area contributed by atoms with Gasteiger partial charge in [-0.25, -0.2) is 4.98 Å². The monoisotopic (exact) mass is 414 g/mol. The van der Waals surface area contributed by atoms with Crippen LogP contribution in [-0.2, 0) is 14.6 Å². The normalized spacial score (nSPS) is 19.8. The van der Waals surface area contributed by atoms with E-state index in [1.807, 2.05) is 0 Å². The van der Waals surface area contributed by atoms with Crippen molar-refractivity contribution in [2.45, 2.75) is 30.6 Å². The number of piperidine rings is 1. The second kappa shape index (κ2) is 7.66. The molecule has 1 fully saturated rings. The molecule has 0 radical (unpaired) electrons. The van der Waals surface area contributed by atoms with Gasteiger partial charge in [0.05, 0.1) is 23.2 Å². The molecule has 0 aliphatic carbocycles. The Morgan fingerprint density at radius 1 is 1.34 bits per heavy atom. The fourth-order valence-corrected chi connectivity index (χ4v) is 5.36. The smallest absolute Gasteiger partial charge is 0.259 e. The summed E-state index contributed by atoms with van der Waals surface area (Å²) < 4.78 is 33.0. The first-order valence-electron chi connectivity index (χ1n) is 9.46. The molecule has 0 spiro atoms. The molecule has 1 N–H and O–H groups in total. The SMILES string of the molecule is CNC(=O)c1cc(C)nc2onc(C3CCCN([S+](=O)([O-])c4ccccc4)C3)c12. The minimum Gasteiger partial charge on any atom is -0.593 e. The molecule has 1 aromatic carbocycles. The van der Waals surface area contributed by atoms with Gasteiger partial charge in [0, 0.05) is 25.2 Å². The standard InChI is InChI=1S/C20H22N4O4S/c1-13-11-16(19(25)21-2)17-18(23-28-20(17)22-13)14-7-6-10-24(12-14)29(26,27)15-8-4-3-5-9-15/h3-5,8-9,11,14H,6-7,10,12H2,1-2H3,(H-,21,25,26,27). The van der Waals surface area contributed by atoms with Gasteiger partial charge in [-0.3, -0.25) is 4.79 Å². The van der Waals surface area contributed by atoms with Crippen LogP contribution in [0.5, 0.6) is 0 Å². The van der Waals surface area contributed by atoms with E-state index >= 15 is 0 Å². The van der Waals surface area contributed by atoms with Crippen LogP contribution in [0.3, 0.4) is 0 Å². The number of pyridine rings is 1. The topological polar surface area (TPSA) is 111 Å². The van der Waals surface area contributed by atoms with Crippen LogP contribution in [0.2, 0.25) is 0 Å². The van der Waals surface area contributed by atoms with E-state index in [1.54, 1.807) is 50.4 Å². The van der Waals surface area contributed by atoms with E-state index in [-0.39, 0.29) is 23.3 Å². The number of hydrogen-bond donors (Lipinski definition) is 1. The fourth-order valence-electron chi connectivity index (χ4n) is 3.81. The molecule has 152 valence electrons. The summed E-state index contributed by atoms with van der Waals surface area (Å²) in [5.41, 5.74) is 1.96. The Morgan fingerprint density at radius 2 is 2.10 bits per heavy atom. The summed E-state index contributed by atoms with van der Waals surface area (Å²) >= 11 is 0. The van der Waals surface area contributed by atoms with Gasteiger partial charge in [0.15, 0.2) is 15.3 Å². The molecule has 0 saturated carbocycles. The molecule has 2 atom stereocenters. The average molecular weight is 414 g/mol. The van der Waals surface area contributed by atoms with E-state index < -0.39 is 10.4 Å². The van der Waals surface area contributed by atoms with Gasteiger partial charge >= 0.3 is 0 Å². The predicted octanol–water partition coefficient (Wildman–Crippen LogP) is 2.67. The summed E-state index contributed by atoms with van der Waals surface area (Å²) in [6.45, 7) is 2.51. The van der Waals surface area contributed by atoms with Gasteiger partial charge < -0.3 is 14.4 Å². The molecular weight excluding hydrogens is 392 g/mol. The van der Waals surface area contributed by atoms with E-state index in [9.17, 15) is 13.6 Å². The molecule has 4 rings (SSSR count). The number of amides is 1. The Balaban J connectivity index is 1.71. The van der Waals surface area contributed by atoms with Crippen molar-refractivity contribution < 1.29 is 18.1 Å². The maximum Gasteiger partial charge on any atom is 0.259 e. The number of nitrogens with one attached hydrogen (secondary N) is 1. The highest BCUT2D eigenvalue weighted by molar-refractivity contribution is 7.95. The van der Waals surface area contributed by atoms with Crippen LogP contribution in [0, 0.1) is 6.92 Å². The lowest BCUT2D eigenvalue weighted by atomic mass is 9.93. The van der Waals surface area contributed by atoms with Crippen LogP contribution in [0.1, 0.15) is 40.5 Å². The van der Waals surface area contributed by atoms with Crippen molar-refractivity contribution in [2.24, 2.45) is 0 Å². The summed E-state index contributed by atoms with van der Waals surface area (Å²) in [5.74, 6) is -0.439. The predicted molar refractivity (Wildman–Crippen MR) is 107 cm³/mol. The van der Waals surface area contributed by atoms with Crippen LogP contribution >= 0.6 is 0 Å². The van der Waals surface area contributed by atoms with E-state index in [0.29, 0.717) is 41.0 Å². The number of nitrogens with zero attached hydrogens (tertiary/aromatic N) is 3. The van der Waals surface area contributed by atoms with E-state index in [4.69, 9.17) is 4.52 Å². The number of fused-ring (bicyclic) bond motifs is 1. The second-order valence-corrected chi connectivity index (χ2v) is 9.09. The Kier molecular flexibility index (Phi) is 5.20. The van der Waals surface area contributed by atoms with Gasteiger partial charge in [-0.05, 0) is 38.0 Å². The fraction of sp³-hybridized carbons (Fsp3) is 0.350. The van der Waals surface area contributed by atoms with Crippen molar-refractivity contribution in [3.63, 3.8) is 0 Å². The third-order valence-corrected chi connectivity index (χ3v) is 7.10. The van der Waals surface area contributed by atoms with E-state index in [1.165, 1.54) is 4.31 Å². The van der Waals surface area contributed by atoms with Crippen molar-refractivity contribution >= 4 is 27.4 Å². The average Bonchev–Trinajstić information content (AvgIpc) is 3.17. The molecule has 1 amide bonds. The summed E-state index contributed by atoms with van der Waals surface area (Å²) in [6, 6.07) is 10.1. The maximum absolute atomic E-state index is 13.0. The van der Waals surface area contributed by atoms with E-state index in [2.05, 4.69) is 15.5 Å². The first kappa shape index (κ1) is 19.7. The Hall–Kier alpha value is -2.62. The Labute approximate surface area is 169 Å². The van der Waals surface area contributed by atoms with Crippen LogP contribution in [0.25, 0.3) is 11.1 Å². The number of hydrogen-bond acceptors (Lipinski definition) is 6. The molecule has 3 aromatic rings. The zero-order valence-electron chi connectivity index (χ0n) is 16.3. The summed E-state index contributed by atoms with van der Waals surface area (Å²) in [6.07, 6.45) is 1.45. The number of sulfonamides is 1. The zero-order chi connectivity index (χ0) is 20.6. The lowest BCUT2D eigenvalue weighted by Gasteiger charge is -2.33. The minimum atomic E-state index is -3.60. The van der Waals surface area contributed by atoms with Gasteiger partial charge in [-0.2, -0.15) is 0 Å². The largest absolute Gasteiger partial charge is 0.593 e. The first-order chi connectivity index (χ1) is 13.9. The summed E-state index contributed by atoms with van der Waals surface area (Å²) in [4.78, 5) is 17.0. The van der Waals surface area contributed by atoms with Gasteiger partial charge in [0.1, 0.15) is 0 Å². The third kappa shape index (κ3) is 3.57. The molecular formula is C20H22N4O4S. The van der Waals surface area contributed by atoms with Gasteiger partial charge in [-0.15, -0.1) is 4.31 Å². The van der Waals surface area contributed by atoms with E-state index in [0.717, 1.165) is 6.42 Å². The number of carbonyl (C=O) groups excluding carboxylic acids is 1. The second-order valence-electron chi connectivity index (χ2n) is 7.15. The molecule has 2 unspecified atom stereocenters. The number of rotatable bonds is 4. The molecule has 29 heavy (non-hydrogen) atoms. The molecule has 1 aliphatic heterocycles. The molecule has 9 heteroatoms. The molecule has 2 aromatic heterocycles. The Bertz CT molecular complexity index is 1100. The van der Waals surface area contributed by atoms with Crippen molar-refractivity contribution in [1.29, 1.82) is 0 Å². The lowest BCUT2D eigenvalue weighted by Crippen LogP contribution is -2.42. The lowest BCUT2D eigenvalue weighted by molar-refractivity contribution is 0.0964. The highest BCUT2D eigenvalue weighted by Crippen LogP contribution is 2.36. The van der Waals surface area contributed by atoms with Gasteiger partial charge in [-0.1, -0.05) is 27.6 Å². The van der Waals surface area contributed by atoms with Crippen molar-refractivity contribution in [2.75, 3.05) is 20.1 Å². The van der Waals surface area contributed by atoms with Crippen LogP contribution in [0.4, 0.5) is 0 Å². The van der Waals surface area contributed by atoms with Crippen LogP contribution in [0.15, 0.2) is 45.8 Å². The number of aryl methyl sites for hydroxylation is 1. The molecule has 1 saturated heterocycles. The first-order valence-corrected chi connectivity index (χ1v) is 10.9. The maximum atomic E-state index is 13.0. The number of carbonyl (C=O) groups is 1. The number of benzene rings is 1. The Morgan fingerprint density at radius 3 is 2.83 bits per heavy atom. The highest BCUT2D eigenvalue weighted by atomic mass is 32.3. The third-order valence-electron chi connectivity index (χ3n) is 5.22. The number of aromatic nitrogens is 2.